The van der Waals surface area contributed by atoms with Gasteiger partial charge in [-0.25, -0.2) is 0 Å². The highest BCUT2D eigenvalue weighted by Crippen LogP contribution is 2.51. The van der Waals surface area contributed by atoms with Crippen molar-refractivity contribution in [3.8, 4) is 11.5 Å². The van der Waals surface area contributed by atoms with Crippen LogP contribution in [0.3, 0.4) is 0 Å². The highest BCUT2D eigenvalue weighted by Gasteiger charge is 2.36. The summed E-state index contributed by atoms with van der Waals surface area (Å²) < 4.78 is 44.3. The van der Waals surface area contributed by atoms with Crippen molar-refractivity contribution in [3.05, 3.63) is 54.1 Å². The molecule has 0 saturated carbocycles. The lowest BCUT2D eigenvalue weighted by atomic mass is 10.2. The molecule has 0 heterocycles. The van der Waals surface area contributed by atoms with Crippen molar-refractivity contribution >= 4 is 34.4 Å². The Morgan fingerprint density at radius 3 is 2.10 bits per heavy atom. The number of ether oxygens (including phenoxy) is 1. The van der Waals surface area contributed by atoms with E-state index in [0.717, 1.165) is 6.07 Å². The molecule has 0 amide bonds. The van der Waals surface area contributed by atoms with Gasteiger partial charge in [-0.05, 0) is 24.3 Å². The minimum atomic E-state index is -4.53. The summed E-state index contributed by atoms with van der Waals surface area (Å²) in [6, 6.07) is 12.1. The summed E-state index contributed by atoms with van der Waals surface area (Å²) in [5.74, 6) is 0.431. The van der Waals surface area contributed by atoms with E-state index in [-0.39, 0.29) is 11.1 Å². The number of rotatable bonds is 3. The Morgan fingerprint density at radius 1 is 0.900 bits per heavy atom. The highest BCUT2D eigenvalue weighted by molar-refractivity contribution is 8.09. The first-order chi connectivity index (χ1) is 9.39. The molecule has 0 radical (unpaired) electrons. The van der Waals surface area contributed by atoms with Crippen LogP contribution in [0.15, 0.2) is 48.5 Å². The Morgan fingerprint density at radius 2 is 1.55 bits per heavy atom. The van der Waals surface area contributed by atoms with E-state index in [0.29, 0.717) is 5.75 Å². The van der Waals surface area contributed by atoms with Crippen LogP contribution in [-0.2, 0) is 6.18 Å². The minimum absolute atomic E-state index is 0.0159. The third kappa shape index (κ3) is 3.57. The first-order valence-corrected chi connectivity index (χ1v) is 8.59. The van der Waals surface area contributed by atoms with Crippen LogP contribution in [0.25, 0.3) is 0 Å². The van der Waals surface area contributed by atoms with Gasteiger partial charge in [-0.3, -0.25) is 0 Å². The lowest BCUT2D eigenvalue weighted by Crippen LogP contribution is -2.17. The number of hydrogen-bond donors (Lipinski definition) is 0. The lowest BCUT2D eigenvalue weighted by Gasteiger charge is -2.17. The zero-order valence-corrected chi connectivity index (χ0v) is 12.3. The topological polar surface area (TPSA) is 9.23 Å². The Labute approximate surface area is 124 Å². The fourth-order valence-electron chi connectivity index (χ4n) is 1.62. The molecule has 106 valence electrons. The van der Waals surface area contributed by atoms with Crippen molar-refractivity contribution in [2.75, 3.05) is 0 Å². The largest absolute Gasteiger partial charge is 0.457 e. The van der Waals surface area contributed by atoms with Gasteiger partial charge in [0.05, 0.1) is 10.9 Å². The molecular formula is C13H8Cl2F3OP. The van der Waals surface area contributed by atoms with Crippen LogP contribution >= 0.6 is 29.1 Å². The number of alkyl halides is 3. The van der Waals surface area contributed by atoms with Crippen molar-refractivity contribution in [2.45, 2.75) is 6.18 Å². The van der Waals surface area contributed by atoms with Gasteiger partial charge < -0.3 is 4.74 Å². The third-order valence-corrected chi connectivity index (χ3v) is 4.26. The molecule has 20 heavy (non-hydrogen) atoms. The predicted octanol–water partition coefficient (Wildman–Crippen LogP) is 5.91. The molecule has 0 spiro atoms. The predicted molar refractivity (Wildman–Crippen MR) is 76.2 cm³/mol. The van der Waals surface area contributed by atoms with Crippen molar-refractivity contribution in [1.29, 1.82) is 0 Å². The van der Waals surface area contributed by atoms with E-state index in [1.807, 2.05) is 0 Å². The molecule has 0 N–H and O–H groups in total. The van der Waals surface area contributed by atoms with Crippen LogP contribution in [0.5, 0.6) is 11.5 Å². The van der Waals surface area contributed by atoms with E-state index >= 15 is 0 Å². The van der Waals surface area contributed by atoms with Gasteiger partial charge in [0.15, 0.2) is 0 Å². The maximum Gasteiger partial charge on any atom is 0.417 e. The first-order valence-electron chi connectivity index (χ1n) is 5.44. The minimum Gasteiger partial charge on any atom is -0.457 e. The molecule has 0 bridgehead atoms. The fourth-order valence-corrected chi connectivity index (χ4v) is 3.34. The van der Waals surface area contributed by atoms with Gasteiger partial charge in [0.1, 0.15) is 18.1 Å². The monoisotopic (exact) mass is 338 g/mol. The second kappa shape index (κ2) is 6.21. The van der Waals surface area contributed by atoms with Crippen molar-refractivity contribution < 1.29 is 17.9 Å². The average molecular weight is 339 g/mol. The summed E-state index contributed by atoms with van der Waals surface area (Å²) >= 11 is 11.5. The number of para-hydroxylation sites is 1. The highest BCUT2D eigenvalue weighted by atomic mass is 35.9. The molecule has 0 aromatic heterocycles. The molecule has 2 aromatic rings. The van der Waals surface area contributed by atoms with Gasteiger partial charge in [0, 0.05) is 0 Å². The Kier molecular flexibility index (Phi) is 4.79. The van der Waals surface area contributed by atoms with Gasteiger partial charge in [-0.1, -0.05) is 46.7 Å². The molecular weight excluding hydrogens is 331 g/mol. The Bertz CT molecular complexity index is 588. The number of benzene rings is 2. The fraction of sp³-hybridized carbons (Fsp3) is 0.0769. The number of halogens is 5. The quantitative estimate of drug-likeness (QED) is 0.632. The van der Waals surface area contributed by atoms with Gasteiger partial charge >= 0.3 is 6.18 Å². The third-order valence-electron chi connectivity index (χ3n) is 2.44. The summed E-state index contributed by atoms with van der Waals surface area (Å²) in [5.41, 5.74) is -0.873. The second-order valence-corrected chi connectivity index (χ2v) is 7.26. The first kappa shape index (κ1) is 15.4. The van der Waals surface area contributed by atoms with Gasteiger partial charge in [0.2, 0.25) is 0 Å². The van der Waals surface area contributed by atoms with Gasteiger partial charge in [-0.15, -0.1) is 0 Å². The van der Waals surface area contributed by atoms with E-state index in [1.165, 1.54) is 12.1 Å². The Balaban J connectivity index is 2.48. The summed E-state index contributed by atoms with van der Waals surface area (Å²) in [4.78, 5) is 0. The van der Waals surface area contributed by atoms with Crippen LogP contribution in [0, 0.1) is 0 Å². The molecule has 2 aromatic carbocycles. The van der Waals surface area contributed by atoms with Gasteiger partial charge in [0.25, 0.3) is 0 Å². The standard InChI is InChI=1S/C13H8Cl2F3OP/c14-20(15)12-10(13(16,17)18)7-4-8-11(12)19-9-5-2-1-3-6-9/h1-8H. The van der Waals surface area contributed by atoms with E-state index in [9.17, 15) is 13.2 Å². The zero-order chi connectivity index (χ0) is 14.8. The maximum absolute atomic E-state index is 13.0. The molecule has 0 atom stereocenters. The van der Waals surface area contributed by atoms with Crippen molar-refractivity contribution in [1.82, 2.24) is 0 Å². The maximum atomic E-state index is 13.0. The van der Waals surface area contributed by atoms with E-state index in [1.54, 1.807) is 30.3 Å². The smallest absolute Gasteiger partial charge is 0.417 e. The molecule has 0 aliphatic carbocycles. The zero-order valence-electron chi connectivity index (χ0n) is 9.86. The van der Waals surface area contributed by atoms with Crippen LogP contribution in [0.1, 0.15) is 5.56 Å². The van der Waals surface area contributed by atoms with E-state index in [4.69, 9.17) is 27.2 Å². The lowest BCUT2D eigenvalue weighted by molar-refractivity contribution is -0.136. The molecule has 0 aliphatic heterocycles. The molecule has 1 nitrogen and oxygen atoms in total. The second-order valence-electron chi connectivity index (χ2n) is 3.80. The molecule has 0 unspecified atom stereocenters. The van der Waals surface area contributed by atoms with E-state index < -0.39 is 18.4 Å². The summed E-state index contributed by atoms with van der Waals surface area (Å²) in [6.45, 7) is -2.00. The summed E-state index contributed by atoms with van der Waals surface area (Å²) in [7, 11) is 0. The molecule has 0 aliphatic rings. The van der Waals surface area contributed by atoms with Crippen LogP contribution < -0.4 is 10.0 Å². The van der Waals surface area contributed by atoms with Gasteiger partial charge in [-0.2, -0.15) is 13.2 Å². The normalized spacial score (nSPS) is 11.7. The average Bonchev–Trinajstić information content (AvgIpc) is 2.38. The molecule has 2 rings (SSSR count). The van der Waals surface area contributed by atoms with Crippen LogP contribution in [0.4, 0.5) is 13.2 Å². The molecule has 0 saturated heterocycles. The summed E-state index contributed by atoms with van der Waals surface area (Å²) in [6.07, 6.45) is -4.53. The van der Waals surface area contributed by atoms with Crippen LogP contribution in [-0.4, -0.2) is 0 Å². The van der Waals surface area contributed by atoms with Crippen LogP contribution in [0.2, 0.25) is 0 Å². The Hall–Kier alpha value is -0.960. The summed E-state index contributed by atoms with van der Waals surface area (Å²) in [5, 5.41) is -0.220. The molecule has 7 heteroatoms. The van der Waals surface area contributed by atoms with E-state index in [2.05, 4.69) is 0 Å². The molecule has 0 fully saturated rings. The number of hydrogen-bond acceptors (Lipinski definition) is 1. The SMILES string of the molecule is FC(F)(F)c1cccc(Oc2ccccc2)c1P(Cl)Cl. The van der Waals surface area contributed by atoms with Crippen molar-refractivity contribution in [3.63, 3.8) is 0 Å². The van der Waals surface area contributed by atoms with Crippen molar-refractivity contribution in [2.24, 2.45) is 0 Å².